The molecule has 1 aromatic carbocycles. The van der Waals surface area contributed by atoms with Crippen molar-refractivity contribution in [1.29, 1.82) is 0 Å². The van der Waals surface area contributed by atoms with Crippen LogP contribution in [0.3, 0.4) is 0 Å². The summed E-state index contributed by atoms with van der Waals surface area (Å²) in [5.74, 6) is 4.01. The lowest BCUT2D eigenvalue weighted by Crippen LogP contribution is -2.25. The predicted octanol–water partition coefficient (Wildman–Crippen LogP) is 7.52. The van der Waals surface area contributed by atoms with Crippen LogP contribution in [0.2, 0.25) is 0 Å². The van der Waals surface area contributed by atoms with Crippen LogP contribution in [-0.2, 0) is 6.42 Å². The molecule has 2 aliphatic rings. The summed E-state index contributed by atoms with van der Waals surface area (Å²) in [6, 6.07) is 9.59. The summed E-state index contributed by atoms with van der Waals surface area (Å²) in [5.41, 5.74) is 3.12. The van der Waals surface area contributed by atoms with Crippen LogP contribution < -0.4 is 0 Å². The third kappa shape index (κ3) is 4.64. The monoisotopic (exact) mass is 326 g/mol. The van der Waals surface area contributed by atoms with Gasteiger partial charge in [-0.3, -0.25) is 0 Å². The van der Waals surface area contributed by atoms with E-state index in [-0.39, 0.29) is 0 Å². The summed E-state index contributed by atoms with van der Waals surface area (Å²) in [6.45, 7) is 4.62. The Bertz CT molecular complexity index is 455. The van der Waals surface area contributed by atoms with E-state index in [0.717, 1.165) is 23.7 Å². The molecule has 0 nitrogen and oxygen atoms in total. The Hall–Kier alpha value is -0.780. The summed E-state index contributed by atoms with van der Waals surface area (Å²) < 4.78 is 0. The number of benzene rings is 1. The van der Waals surface area contributed by atoms with Crippen molar-refractivity contribution in [2.45, 2.75) is 96.8 Å². The van der Waals surface area contributed by atoms with Gasteiger partial charge < -0.3 is 0 Å². The Balaban J connectivity index is 1.45. The summed E-state index contributed by atoms with van der Waals surface area (Å²) in [4.78, 5) is 0. The number of rotatable bonds is 6. The number of hydrogen-bond donors (Lipinski definition) is 0. The van der Waals surface area contributed by atoms with Gasteiger partial charge in [-0.2, -0.15) is 0 Å². The molecule has 0 bridgehead atoms. The third-order valence-electron chi connectivity index (χ3n) is 7.02. The van der Waals surface area contributed by atoms with Gasteiger partial charge in [-0.15, -0.1) is 0 Å². The molecule has 0 unspecified atom stereocenters. The highest BCUT2D eigenvalue weighted by Gasteiger charge is 2.30. The Kier molecular flexibility index (Phi) is 6.81. The average molecular weight is 327 g/mol. The van der Waals surface area contributed by atoms with Crippen molar-refractivity contribution in [1.82, 2.24) is 0 Å². The standard InChI is InChI=1S/C24H38/c1-3-5-19-7-11-21(12-8-19)23-15-17-24(18-16-23)22-13-9-20(6-4-2)10-14-22/h7-8,11-12,20,22-24H,3-6,9-10,13-18H2,1-2H3/t20?,22?,23-,24-. The third-order valence-corrected chi connectivity index (χ3v) is 7.02. The van der Waals surface area contributed by atoms with Crippen molar-refractivity contribution < 1.29 is 0 Å². The van der Waals surface area contributed by atoms with E-state index in [1.807, 2.05) is 0 Å². The molecule has 24 heavy (non-hydrogen) atoms. The lowest BCUT2D eigenvalue weighted by atomic mass is 9.68. The minimum atomic E-state index is 0.841. The van der Waals surface area contributed by atoms with Crippen molar-refractivity contribution in [3.8, 4) is 0 Å². The summed E-state index contributed by atoms with van der Waals surface area (Å²) in [5, 5.41) is 0. The Labute approximate surface area is 150 Å². The number of hydrogen-bond acceptors (Lipinski definition) is 0. The fourth-order valence-corrected chi connectivity index (χ4v) is 5.53. The maximum Gasteiger partial charge on any atom is -0.0162 e. The minimum Gasteiger partial charge on any atom is -0.0654 e. The van der Waals surface area contributed by atoms with E-state index >= 15 is 0 Å². The normalized spacial score (nSPS) is 31.1. The van der Waals surface area contributed by atoms with E-state index in [0.29, 0.717) is 0 Å². The molecule has 2 aliphatic carbocycles. The van der Waals surface area contributed by atoms with E-state index in [1.165, 1.54) is 82.6 Å². The fourth-order valence-electron chi connectivity index (χ4n) is 5.53. The van der Waals surface area contributed by atoms with E-state index in [4.69, 9.17) is 0 Å². The van der Waals surface area contributed by atoms with Crippen molar-refractivity contribution in [3.63, 3.8) is 0 Å². The molecular weight excluding hydrogens is 288 g/mol. The van der Waals surface area contributed by atoms with Crippen LogP contribution >= 0.6 is 0 Å². The van der Waals surface area contributed by atoms with Gasteiger partial charge in [0.25, 0.3) is 0 Å². The highest BCUT2D eigenvalue weighted by atomic mass is 14.4. The van der Waals surface area contributed by atoms with Crippen molar-refractivity contribution >= 4 is 0 Å². The SMILES string of the molecule is CCCc1ccc([C@H]2CC[C@H](C3CCC(CCC)CC3)CC2)cc1. The van der Waals surface area contributed by atoms with E-state index < -0.39 is 0 Å². The lowest BCUT2D eigenvalue weighted by molar-refractivity contribution is 0.156. The van der Waals surface area contributed by atoms with Gasteiger partial charge in [0.15, 0.2) is 0 Å². The largest absolute Gasteiger partial charge is 0.0654 e. The van der Waals surface area contributed by atoms with Crippen LogP contribution in [0.4, 0.5) is 0 Å². The van der Waals surface area contributed by atoms with E-state index in [2.05, 4.69) is 38.1 Å². The van der Waals surface area contributed by atoms with Crippen molar-refractivity contribution in [2.24, 2.45) is 17.8 Å². The first-order chi connectivity index (χ1) is 11.8. The van der Waals surface area contributed by atoms with Gasteiger partial charge in [0.05, 0.1) is 0 Å². The molecule has 2 fully saturated rings. The van der Waals surface area contributed by atoms with Crippen LogP contribution in [0.15, 0.2) is 24.3 Å². The summed E-state index contributed by atoms with van der Waals surface area (Å²) in [7, 11) is 0. The molecule has 0 aliphatic heterocycles. The van der Waals surface area contributed by atoms with E-state index in [1.54, 1.807) is 5.56 Å². The second-order valence-electron chi connectivity index (χ2n) is 8.67. The molecule has 0 spiro atoms. The maximum atomic E-state index is 2.42. The Morgan fingerprint density at radius 1 is 0.708 bits per heavy atom. The predicted molar refractivity (Wildman–Crippen MR) is 105 cm³/mol. The molecule has 0 aromatic heterocycles. The van der Waals surface area contributed by atoms with E-state index in [9.17, 15) is 0 Å². The zero-order valence-electron chi connectivity index (χ0n) is 16.1. The van der Waals surface area contributed by atoms with Gasteiger partial charge in [0.2, 0.25) is 0 Å². The molecule has 0 saturated heterocycles. The smallest absolute Gasteiger partial charge is 0.0162 e. The van der Waals surface area contributed by atoms with Gasteiger partial charge in [0, 0.05) is 0 Å². The molecule has 0 N–H and O–H groups in total. The maximum absolute atomic E-state index is 2.42. The Morgan fingerprint density at radius 3 is 1.83 bits per heavy atom. The van der Waals surface area contributed by atoms with Gasteiger partial charge in [-0.05, 0) is 79.7 Å². The molecule has 0 amide bonds. The molecule has 0 heteroatoms. The molecule has 0 atom stereocenters. The molecule has 0 radical (unpaired) electrons. The van der Waals surface area contributed by atoms with Crippen LogP contribution in [0, 0.1) is 17.8 Å². The number of aryl methyl sites for hydroxylation is 1. The molecule has 0 heterocycles. The van der Waals surface area contributed by atoms with Gasteiger partial charge in [0.1, 0.15) is 0 Å². The van der Waals surface area contributed by atoms with Gasteiger partial charge >= 0.3 is 0 Å². The quantitative estimate of drug-likeness (QED) is 0.507. The van der Waals surface area contributed by atoms with Crippen LogP contribution in [0.5, 0.6) is 0 Å². The first kappa shape index (κ1) is 18.0. The first-order valence-corrected chi connectivity index (χ1v) is 10.9. The Morgan fingerprint density at radius 2 is 1.29 bits per heavy atom. The average Bonchev–Trinajstić information content (AvgIpc) is 2.64. The zero-order valence-corrected chi connectivity index (χ0v) is 16.1. The summed E-state index contributed by atoms with van der Waals surface area (Å²) >= 11 is 0. The minimum absolute atomic E-state index is 0.841. The highest BCUT2D eigenvalue weighted by molar-refractivity contribution is 5.26. The molecule has 2 saturated carbocycles. The first-order valence-electron chi connectivity index (χ1n) is 10.9. The zero-order chi connectivity index (χ0) is 16.8. The molecule has 134 valence electrons. The lowest BCUT2D eigenvalue weighted by Gasteiger charge is -2.38. The summed E-state index contributed by atoms with van der Waals surface area (Å²) in [6.07, 6.45) is 17.3. The van der Waals surface area contributed by atoms with Crippen molar-refractivity contribution in [2.75, 3.05) is 0 Å². The fraction of sp³-hybridized carbons (Fsp3) is 0.750. The topological polar surface area (TPSA) is 0 Å². The van der Waals surface area contributed by atoms with Gasteiger partial charge in [-0.1, -0.05) is 70.2 Å². The second kappa shape index (κ2) is 9.07. The van der Waals surface area contributed by atoms with Crippen molar-refractivity contribution in [3.05, 3.63) is 35.4 Å². The highest BCUT2D eigenvalue weighted by Crippen LogP contribution is 2.44. The molecule has 1 aromatic rings. The van der Waals surface area contributed by atoms with Gasteiger partial charge in [-0.25, -0.2) is 0 Å². The second-order valence-corrected chi connectivity index (χ2v) is 8.67. The van der Waals surface area contributed by atoms with Crippen LogP contribution in [-0.4, -0.2) is 0 Å². The van der Waals surface area contributed by atoms with Crippen LogP contribution in [0.1, 0.15) is 102 Å². The van der Waals surface area contributed by atoms with Crippen LogP contribution in [0.25, 0.3) is 0 Å². The molecule has 3 rings (SSSR count). The molecular formula is C24H38.